The molecule has 1 aliphatic heterocycles. The number of hydrogen-bond acceptors (Lipinski definition) is 11. The lowest BCUT2D eigenvalue weighted by Gasteiger charge is -2.45. The summed E-state index contributed by atoms with van der Waals surface area (Å²) in [6.07, 6.45) is -3.81. The highest BCUT2D eigenvalue weighted by Crippen LogP contribution is 2.31. The normalized spacial score (nSPS) is 26.0. The third-order valence-corrected chi connectivity index (χ3v) is 6.34. The van der Waals surface area contributed by atoms with Crippen molar-refractivity contribution in [1.29, 1.82) is 0 Å². The molecule has 0 spiro atoms. The van der Waals surface area contributed by atoms with E-state index in [0.29, 0.717) is 0 Å². The van der Waals surface area contributed by atoms with Gasteiger partial charge in [0.15, 0.2) is 11.4 Å². The number of rotatable bonds is 10. The molecule has 1 saturated heterocycles. The first-order valence-electron chi connectivity index (χ1n) is 9.73. The predicted octanol–water partition coefficient (Wildman–Crippen LogP) is 0.402. The molecule has 33 heavy (non-hydrogen) atoms. The highest BCUT2D eigenvalue weighted by Gasteiger charge is 2.51. The summed E-state index contributed by atoms with van der Waals surface area (Å²) in [6.45, 7) is 2.54. The van der Waals surface area contributed by atoms with E-state index in [9.17, 15) is 26.4 Å². The molecule has 5 atom stereocenters. The van der Waals surface area contributed by atoms with Gasteiger partial charge in [-0.15, -0.1) is 0 Å². The molecule has 11 nitrogen and oxygen atoms in total. The lowest BCUT2D eigenvalue weighted by Crippen LogP contribution is -2.66. The van der Waals surface area contributed by atoms with Gasteiger partial charge in [-0.3, -0.25) is 18.0 Å². The maximum Gasteiger partial charge on any atom is 0.264 e. The molecule has 1 aliphatic rings. The maximum atomic E-state index is 12.0. The fraction of sp³-hybridized carbons (Fsp3) is 0.579. The second kappa shape index (κ2) is 11.7. The monoisotopic (exact) mass is 525 g/mol. The molecule has 1 aromatic carbocycles. The van der Waals surface area contributed by atoms with Crippen LogP contribution in [0.3, 0.4) is 0 Å². The SMILES string of the molecule is CC(=O)NC1C(OCc2ccccc2)OC(CSC(C)=O)C(OS(C)(=O)=O)C1OS(C)(=O)=O. The largest absolute Gasteiger partial charge is 0.346 e. The minimum absolute atomic E-state index is 0.0390. The zero-order chi connectivity index (χ0) is 24.8. The minimum atomic E-state index is -4.14. The lowest BCUT2D eigenvalue weighted by molar-refractivity contribution is -0.253. The predicted molar refractivity (Wildman–Crippen MR) is 120 cm³/mol. The van der Waals surface area contributed by atoms with Gasteiger partial charge in [-0.1, -0.05) is 42.1 Å². The molecule has 1 heterocycles. The van der Waals surface area contributed by atoms with Crippen LogP contribution in [0.5, 0.6) is 0 Å². The second-order valence-electron chi connectivity index (χ2n) is 7.40. The van der Waals surface area contributed by atoms with Crippen LogP contribution in [0.2, 0.25) is 0 Å². The standard InChI is InChI=1S/C19H27NO10S3/c1-12(21)20-16-18(30-33(4,25)26)17(29-32(3,23)24)15(11-31-13(2)22)28-19(16)27-10-14-8-6-5-7-9-14/h5-9,15-19H,10-11H2,1-4H3,(H,20,21). The second-order valence-corrected chi connectivity index (χ2v) is 11.8. The van der Waals surface area contributed by atoms with Crippen LogP contribution in [0.25, 0.3) is 0 Å². The average molecular weight is 526 g/mol. The molecule has 1 fully saturated rings. The number of benzene rings is 1. The van der Waals surface area contributed by atoms with Gasteiger partial charge in [0, 0.05) is 19.6 Å². The average Bonchev–Trinajstić information content (AvgIpc) is 2.67. The highest BCUT2D eigenvalue weighted by molar-refractivity contribution is 8.13. The fourth-order valence-electron chi connectivity index (χ4n) is 3.15. The Bertz CT molecular complexity index is 1030. The number of nitrogens with one attached hydrogen (secondary N) is 1. The molecule has 1 amide bonds. The van der Waals surface area contributed by atoms with Crippen molar-refractivity contribution in [3.8, 4) is 0 Å². The summed E-state index contributed by atoms with van der Waals surface area (Å²) in [5, 5.41) is 2.24. The summed E-state index contributed by atoms with van der Waals surface area (Å²) in [5.41, 5.74) is 0.771. The van der Waals surface area contributed by atoms with Gasteiger partial charge in [-0.2, -0.15) is 16.8 Å². The van der Waals surface area contributed by atoms with Gasteiger partial charge < -0.3 is 14.8 Å². The van der Waals surface area contributed by atoms with Gasteiger partial charge in [0.05, 0.1) is 19.1 Å². The number of hydrogen-bond donors (Lipinski definition) is 1. The number of thioether (sulfide) groups is 1. The first-order valence-corrected chi connectivity index (χ1v) is 14.3. The Morgan fingerprint density at radius 1 is 1.00 bits per heavy atom. The van der Waals surface area contributed by atoms with Crippen molar-refractivity contribution < 1.29 is 44.3 Å². The van der Waals surface area contributed by atoms with Crippen molar-refractivity contribution in [2.75, 3.05) is 18.3 Å². The smallest absolute Gasteiger partial charge is 0.264 e. The van der Waals surface area contributed by atoms with Gasteiger partial charge in [-0.05, 0) is 5.56 Å². The molecule has 0 radical (unpaired) electrons. The van der Waals surface area contributed by atoms with Crippen molar-refractivity contribution >= 4 is 43.0 Å². The maximum absolute atomic E-state index is 12.0. The van der Waals surface area contributed by atoms with Crippen LogP contribution in [0.15, 0.2) is 30.3 Å². The van der Waals surface area contributed by atoms with Crippen molar-refractivity contribution in [2.45, 2.75) is 51.1 Å². The van der Waals surface area contributed by atoms with E-state index in [4.69, 9.17) is 17.8 Å². The highest BCUT2D eigenvalue weighted by atomic mass is 32.2. The summed E-state index contributed by atoms with van der Waals surface area (Å²) in [6, 6.07) is 7.75. The van der Waals surface area contributed by atoms with E-state index in [1.807, 2.05) is 6.07 Å². The van der Waals surface area contributed by atoms with Crippen molar-refractivity contribution in [2.24, 2.45) is 0 Å². The van der Waals surface area contributed by atoms with Crippen LogP contribution in [-0.2, 0) is 54.3 Å². The van der Waals surface area contributed by atoms with Crippen LogP contribution in [0.1, 0.15) is 19.4 Å². The Labute approximate surface area is 197 Å². The summed E-state index contributed by atoms with van der Waals surface area (Å²) < 4.78 is 70.0. The Morgan fingerprint density at radius 2 is 1.58 bits per heavy atom. The first-order chi connectivity index (χ1) is 15.2. The summed E-state index contributed by atoms with van der Waals surface area (Å²) >= 11 is 0.833. The topological polar surface area (TPSA) is 151 Å². The van der Waals surface area contributed by atoms with Crippen LogP contribution in [-0.4, -0.2) is 76.8 Å². The molecule has 14 heteroatoms. The van der Waals surface area contributed by atoms with Crippen LogP contribution < -0.4 is 5.32 Å². The molecule has 5 unspecified atom stereocenters. The van der Waals surface area contributed by atoms with E-state index in [0.717, 1.165) is 29.8 Å². The van der Waals surface area contributed by atoms with Crippen molar-refractivity contribution in [3.05, 3.63) is 35.9 Å². The molecule has 186 valence electrons. The third kappa shape index (κ3) is 9.68. The molecule has 0 saturated carbocycles. The van der Waals surface area contributed by atoms with E-state index in [1.54, 1.807) is 24.3 Å². The van der Waals surface area contributed by atoms with Crippen molar-refractivity contribution in [1.82, 2.24) is 5.32 Å². The summed E-state index contributed by atoms with van der Waals surface area (Å²) in [5.74, 6) is -0.634. The lowest BCUT2D eigenvalue weighted by atomic mass is 9.97. The fourth-order valence-corrected chi connectivity index (χ4v) is 5.09. The Kier molecular flexibility index (Phi) is 9.84. The van der Waals surface area contributed by atoms with Gasteiger partial charge in [-0.25, -0.2) is 0 Å². The Hall–Kier alpha value is -1.55. The summed E-state index contributed by atoms with van der Waals surface area (Å²) in [4.78, 5) is 23.4. The van der Waals surface area contributed by atoms with Gasteiger partial charge >= 0.3 is 0 Å². The number of amides is 1. The number of carbonyl (C=O) groups is 2. The number of carbonyl (C=O) groups excluding carboxylic acids is 2. The zero-order valence-electron chi connectivity index (χ0n) is 18.5. The molecule has 0 aliphatic carbocycles. The van der Waals surface area contributed by atoms with Crippen LogP contribution in [0, 0.1) is 0 Å². The van der Waals surface area contributed by atoms with Gasteiger partial charge in [0.25, 0.3) is 20.2 Å². The molecule has 0 aromatic heterocycles. The Morgan fingerprint density at radius 3 is 2.09 bits per heavy atom. The minimum Gasteiger partial charge on any atom is -0.346 e. The molecule has 1 N–H and O–H groups in total. The van der Waals surface area contributed by atoms with Gasteiger partial charge in [0.1, 0.15) is 24.4 Å². The van der Waals surface area contributed by atoms with E-state index >= 15 is 0 Å². The van der Waals surface area contributed by atoms with E-state index in [-0.39, 0.29) is 17.5 Å². The van der Waals surface area contributed by atoms with Gasteiger partial charge in [0.2, 0.25) is 5.91 Å². The molecule has 2 rings (SSSR count). The molecule has 1 aromatic rings. The quantitative estimate of drug-likeness (QED) is 0.423. The Balaban J connectivity index is 2.46. The summed E-state index contributed by atoms with van der Waals surface area (Å²) in [7, 11) is -8.25. The zero-order valence-corrected chi connectivity index (χ0v) is 20.9. The molecular weight excluding hydrogens is 498 g/mol. The van der Waals surface area contributed by atoms with E-state index in [2.05, 4.69) is 5.32 Å². The van der Waals surface area contributed by atoms with Crippen LogP contribution >= 0.6 is 11.8 Å². The van der Waals surface area contributed by atoms with E-state index in [1.165, 1.54) is 13.8 Å². The first kappa shape index (κ1) is 27.7. The molecular formula is C19H27NO10S3. The van der Waals surface area contributed by atoms with Crippen molar-refractivity contribution in [3.63, 3.8) is 0 Å². The molecule has 0 bridgehead atoms. The third-order valence-electron chi connectivity index (χ3n) is 4.30. The number of ether oxygens (including phenoxy) is 2. The van der Waals surface area contributed by atoms with E-state index < -0.39 is 56.8 Å². The van der Waals surface area contributed by atoms with Crippen LogP contribution in [0.4, 0.5) is 0 Å².